The highest BCUT2D eigenvalue weighted by Crippen LogP contribution is 2.46. The van der Waals surface area contributed by atoms with E-state index in [-0.39, 0.29) is 17.4 Å². The van der Waals surface area contributed by atoms with E-state index in [1.165, 1.54) is 11.1 Å². The van der Waals surface area contributed by atoms with Crippen molar-refractivity contribution in [1.82, 2.24) is 4.72 Å². The minimum atomic E-state index is -3.89. The molecule has 5 atom stereocenters. The lowest BCUT2D eigenvalue weighted by molar-refractivity contribution is -0.0313. The number of amides is 1. The number of nitrogens with zero attached hydrogens (tertiary/aromatic N) is 1. The SMILES string of the molecule is CCCc1cc(Cl)ccc1[C@]1(C)COc2ccc3cc2N(C[C@@H]2CC[C@H]2[C@](C)(O)/C=C/CC[C@@H](C)S(=O)(=O)NC3=O)C1. The van der Waals surface area contributed by atoms with Gasteiger partial charge in [-0.1, -0.05) is 50.1 Å². The molecule has 0 saturated heterocycles. The Hall–Kier alpha value is -2.55. The van der Waals surface area contributed by atoms with Gasteiger partial charge in [-0.05, 0) is 99.2 Å². The number of aryl methyl sites for hydroxylation is 1. The monoisotopic (exact) mass is 614 g/mol. The van der Waals surface area contributed by atoms with Crippen LogP contribution < -0.4 is 14.4 Å². The molecule has 2 aromatic carbocycles. The summed E-state index contributed by atoms with van der Waals surface area (Å²) >= 11 is 6.42. The van der Waals surface area contributed by atoms with E-state index in [2.05, 4.69) is 29.5 Å². The number of rotatable bonds is 3. The van der Waals surface area contributed by atoms with E-state index in [0.29, 0.717) is 43.3 Å². The lowest BCUT2D eigenvalue weighted by Gasteiger charge is -2.47. The normalized spacial score (nSPS) is 32.0. The third-order valence-electron chi connectivity index (χ3n) is 9.47. The summed E-state index contributed by atoms with van der Waals surface area (Å²) in [5.41, 5.74) is 2.02. The minimum Gasteiger partial charge on any atom is -0.490 e. The maximum Gasteiger partial charge on any atom is 0.264 e. The standard InChI is InChI=1S/C33H43ClN2O5S/c1-5-8-23-17-26(34)12-14-27(23)32(3)20-36-19-25-10-13-28(25)33(4,38)16-7-6-9-22(2)42(39,40)35-31(37)24-11-15-30(41-21-32)29(36)18-24/h7,11-12,14-18,22,25,28,38H,5-6,8-10,13,19-21H2,1-4H3,(H,35,37)/b16-7+/t22-,25+,28-,32+,33-/m1/s1. The number of ether oxygens (including phenoxy) is 1. The summed E-state index contributed by atoms with van der Waals surface area (Å²) in [4.78, 5) is 15.5. The Bertz CT molecular complexity index is 1470. The molecule has 2 aromatic rings. The highest BCUT2D eigenvalue weighted by Gasteiger charge is 2.45. The number of carbonyl (C=O) groups is 1. The van der Waals surface area contributed by atoms with E-state index >= 15 is 0 Å². The molecule has 1 amide bonds. The quantitative estimate of drug-likeness (QED) is 0.410. The van der Waals surface area contributed by atoms with E-state index in [0.717, 1.165) is 31.4 Å². The molecule has 2 N–H and O–H groups in total. The number of carbonyl (C=O) groups excluding carboxylic acids is 1. The zero-order chi connectivity index (χ0) is 30.3. The summed E-state index contributed by atoms with van der Waals surface area (Å²) in [6, 6.07) is 11.2. The molecule has 5 rings (SSSR count). The molecular formula is C33H43ClN2O5S. The molecule has 0 spiro atoms. The number of halogens is 1. The number of hydrogen-bond acceptors (Lipinski definition) is 6. The Labute approximate surface area is 255 Å². The van der Waals surface area contributed by atoms with Gasteiger partial charge in [-0.25, -0.2) is 13.1 Å². The summed E-state index contributed by atoms with van der Waals surface area (Å²) < 4.78 is 34.7. The van der Waals surface area contributed by atoms with Crippen LogP contribution in [0.2, 0.25) is 5.02 Å². The Morgan fingerprint density at radius 2 is 1.93 bits per heavy atom. The fraction of sp³-hybridized carbons (Fsp3) is 0.545. The molecule has 2 heterocycles. The fourth-order valence-corrected chi connectivity index (χ4v) is 8.05. The molecule has 0 unspecified atom stereocenters. The smallest absolute Gasteiger partial charge is 0.264 e. The Kier molecular flexibility index (Phi) is 8.72. The van der Waals surface area contributed by atoms with Gasteiger partial charge >= 0.3 is 0 Å². The molecule has 3 aliphatic rings. The topological polar surface area (TPSA) is 95.9 Å². The number of hydrogen-bond donors (Lipinski definition) is 2. The maximum atomic E-state index is 13.2. The van der Waals surface area contributed by atoms with Gasteiger partial charge in [-0.15, -0.1) is 0 Å². The summed E-state index contributed by atoms with van der Waals surface area (Å²) in [7, 11) is -3.89. The molecule has 0 aromatic heterocycles. The molecule has 42 heavy (non-hydrogen) atoms. The zero-order valence-corrected chi connectivity index (χ0v) is 26.6. The van der Waals surface area contributed by atoms with E-state index < -0.39 is 32.2 Å². The minimum absolute atomic E-state index is 0.0688. The molecule has 2 bridgehead atoms. The largest absolute Gasteiger partial charge is 0.490 e. The Morgan fingerprint density at radius 3 is 2.64 bits per heavy atom. The second-order valence-corrected chi connectivity index (χ2v) is 15.4. The first kappa shape index (κ1) is 30.9. The molecule has 9 heteroatoms. The van der Waals surface area contributed by atoms with Crippen LogP contribution in [0.15, 0.2) is 48.6 Å². The predicted molar refractivity (Wildman–Crippen MR) is 168 cm³/mol. The number of fused-ring (bicyclic) bond motifs is 2. The zero-order valence-electron chi connectivity index (χ0n) is 25.0. The van der Waals surface area contributed by atoms with Crippen molar-refractivity contribution in [2.24, 2.45) is 11.8 Å². The fourth-order valence-electron chi connectivity index (χ4n) is 6.83. The van der Waals surface area contributed by atoms with Crippen LogP contribution >= 0.6 is 11.6 Å². The first-order chi connectivity index (χ1) is 19.8. The van der Waals surface area contributed by atoms with Crippen molar-refractivity contribution in [1.29, 1.82) is 0 Å². The van der Waals surface area contributed by atoms with Crippen LogP contribution in [0.3, 0.4) is 0 Å². The molecule has 7 nitrogen and oxygen atoms in total. The van der Waals surface area contributed by atoms with Crippen LogP contribution in [0.4, 0.5) is 5.69 Å². The van der Waals surface area contributed by atoms with Crippen LogP contribution in [0.5, 0.6) is 5.75 Å². The summed E-state index contributed by atoms with van der Waals surface area (Å²) in [5, 5.41) is 11.4. The van der Waals surface area contributed by atoms with Gasteiger partial charge in [0.25, 0.3) is 5.91 Å². The second-order valence-electron chi connectivity index (χ2n) is 12.9. The van der Waals surface area contributed by atoms with Gasteiger partial charge in [0.1, 0.15) is 5.75 Å². The van der Waals surface area contributed by atoms with Gasteiger partial charge in [0.2, 0.25) is 10.0 Å². The molecular weight excluding hydrogens is 572 g/mol. The van der Waals surface area contributed by atoms with Gasteiger partial charge in [0.05, 0.1) is 23.1 Å². The number of allylic oxidation sites excluding steroid dienone is 1. The number of anilines is 1. The lowest BCUT2D eigenvalue weighted by atomic mass is 9.65. The first-order valence-electron chi connectivity index (χ1n) is 15.1. The van der Waals surface area contributed by atoms with Crippen LogP contribution in [-0.2, 0) is 21.9 Å². The molecule has 2 aliphatic heterocycles. The number of aliphatic hydroxyl groups is 1. The molecule has 0 radical (unpaired) electrons. The third kappa shape index (κ3) is 6.22. The van der Waals surface area contributed by atoms with Crippen LogP contribution in [0, 0.1) is 11.8 Å². The molecule has 1 fully saturated rings. The predicted octanol–water partition coefficient (Wildman–Crippen LogP) is 6.02. The second kappa shape index (κ2) is 11.9. The first-order valence-corrected chi connectivity index (χ1v) is 17.0. The molecule has 1 aliphatic carbocycles. The third-order valence-corrected chi connectivity index (χ3v) is 11.5. The summed E-state index contributed by atoms with van der Waals surface area (Å²) in [6.07, 6.45) is 8.35. The average molecular weight is 615 g/mol. The summed E-state index contributed by atoms with van der Waals surface area (Å²) in [6.45, 7) is 9.56. The van der Waals surface area contributed by atoms with Crippen LogP contribution in [0.25, 0.3) is 0 Å². The van der Waals surface area contributed by atoms with Gasteiger partial charge in [-0.3, -0.25) is 4.79 Å². The van der Waals surface area contributed by atoms with Crippen molar-refractivity contribution in [3.05, 3.63) is 70.3 Å². The van der Waals surface area contributed by atoms with Crippen molar-refractivity contribution in [2.75, 3.05) is 24.6 Å². The van der Waals surface area contributed by atoms with Crippen molar-refractivity contribution in [3.8, 4) is 5.75 Å². The number of benzene rings is 2. The van der Waals surface area contributed by atoms with Gasteiger partial charge < -0.3 is 14.7 Å². The highest BCUT2D eigenvalue weighted by molar-refractivity contribution is 7.90. The lowest BCUT2D eigenvalue weighted by Crippen LogP contribution is -2.50. The number of sulfonamides is 1. The van der Waals surface area contributed by atoms with Crippen molar-refractivity contribution < 1.29 is 23.1 Å². The van der Waals surface area contributed by atoms with Crippen molar-refractivity contribution in [3.63, 3.8) is 0 Å². The number of nitrogens with one attached hydrogen (secondary N) is 1. The van der Waals surface area contributed by atoms with Crippen molar-refractivity contribution in [2.45, 2.75) is 82.5 Å². The van der Waals surface area contributed by atoms with Crippen LogP contribution in [-0.4, -0.2) is 50.0 Å². The van der Waals surface area contributed by atoms with Gasteiger partial charge in [0, 0.05) is 29.1 Å². The Balaban J connectivity index is 1.59. The summed E-state index contributed by atoms with van der Waals surface area (Å²) in [5.74, 6) is 0.317. The molecule has 1 saturated carbocycles. The molecule has 228 valence electrons. The average Bonchev–Trinajstić information content (AvgIpc) is 3.04. The van der Waals surface area contributed by atoms with Gasteiger partial charge in [0.15, 0.2) is 0 Å². The van der Waals surface area contributed by atoms with E-state index in [9.17, 15) is 18.3 Å². The Morgan fingerprint density at radius 1 is 1.14 bits per heavy atom. The van der Waals surface area contributed by atoms with Crippen LogP contribution in [0.1, 0.15) is 81.3 Å². The maximum absolute atomic E-state index is 13.2. The van der Waals surface area contributed by atoms with E-state index in [4.69, 9.17) is 16.3 Å². The highest BCUT2D eigenvalue weighted by atomic mass is 35.5. The van der Waals surface area contributed by atoms with Gasteiger partial charge in [-0.2, -0.15) is 0 Å². The van der Waals surface area contributed by atoms with E-state index in [1.54, 1.807) is 25.1 Å². The van der Waals surface area contributed by atoms with Crippen molar-refractivity contribution >= 4 is 33.2 Å². The van der Waals surface area contributed by atoms with E-state index in [1.807, 2.05) is 31.2 Å².